The first-order valence-corrected chi connectivity index (χ1v) is 25.7. The van der Waals surface area contributed by atoms with Gasteiger partial charge in [-0.15, -0.1) is 45.3 Å². The minimum atomic E-state index is -1.10. The second kappa shape index (κ2) is 17.7. The van der Waals surface area contributed by atoms with E-state index in [4.69, 9.17) is 0 Å². The maximum atomic E-state index is 3.70. The Bertz CT molecular complexity index is 1800. The second-order valence-corrected chi connectivity index (χ2v) is 29.0. The Kier molecular flexibility index (Phi) is 15.6. The average molecular weight is 815 g/mol. The van der Waals surface area contributed by atoms with E-state index < -0.39 is 16.1 Å². The Hall–Kier alpha value is -2.00. The first-order chi connectivity index (χ1) is 22.2. The predicted molar refractivity (Wildman–Crippen MR) is 217 cm³/mol. The summed E-state index contributed by atoms with van der Waals surface area (Å²) < 4.78 is 1.42. The van der Waals surface area contributed by atoms with E-state index in [1.807, 2.05) is 0 Å². The third kappa shape index (κ3) is 11.8. The number of fused-ring (bicyclic) bond motifs is 3. The van der Waals surface area contributed by atoms with Gasteiger partial charge in [0.05, 0.1) is 0 Å². The van der Waals surface area contributed by atoms with Crippen LogP contribution in [-0.2, 0) is 35.1 Å². The minimum absolute atomic E-state index is 0. The zero-order valence-corrected chi connectivity index (χ0v) is 38.3. The van der Waals surface area contributed by atoms with Crippen molar-refractivity contribution in [1.29, 1.82) is 0 Å². The summed E-state index contributed by atoms with van der Waals surface area (Å²) >= 11 is 1.46. The number of benzene rings is 4. The molecular formula is C45H56Cl2Si2Zr-2. The van der Waals surface area contributed by atoms with Crippen molar-refractivity contribution in [3.05, 3.63) is 149 Å². The van der Waals surface area contributed by atoms with Gasteiger partial charge in [-0.05, 0) is 10.8 Å². The summed E-state index contributed by atoms with van der Waals surface area (Å²) in [5.41, 5.74) is 6.54. The van der Waals surface area contributed by atoms with Crippen LogP contribution in [0.15, 0.2) is 120 Å². The molecule has 0 fully saturated rings. The molecule has 50 heavy (non-hydrogen) atoms. The molecular weight excluding hydrogens is 759 g/mol. The first-order valence-electron chi connectivity index (χ1n) is 17.4. The topological polar surface area (TPSA) is 0 Å². The summed E-state index contributed by atoms with van der Waals surface area (Å²) in [6.45, 7) is 28.1. The molecule has 5 aromatic rings. The quantitative estimate of drug-likeness (QED) is 0.136. The van der Waals surface area contributed by atoms with Gasteiger partial charge in [0.1, 0.15) is 0 Å². The van der Waals surface area contributed by atoms with Crippen molar-refractivity contribution >= 4 is 40.9 Å². The van der Waals surface area contributed by atoms with E-state index >= 15 is 0 Å². The van der Waals surface area contributed by atoms with Gasteiger partial charge < -0.3 is 24.8 Å². The molecule has 6 rings (SSSR count). The molecule has 0 heterocycles. The zero-order valence-electron chi connectivity index (χ0n) is 32.3. The van der Waals surface area contributed by atoms with E-state index in [0.717, 1.165) is 0 Å². The van der Waals surface area contributed by atoms with E-state index in [1.54, 1.807) is 0 Å². The van der Waals surface area contributed by atoms with Crippen LogP contribution in [0, 0.1) is 6.08 Å². The molecule has 0 radical (unpaired) electrons. The van der Waals surface area contributed by atoms with Gasteiger partial charge >= 0.3 is 99.2 Å². The zero-order chi connectivity index (χ0) is 35.5. The summed E-state index contributed by atoms with van der Waals surface area (Å²) in [4.78, 5) is 0. The molecule has 0 saturated heterocycles. The normalized spacial score (nSPS) is 14.4. The fraction of sp³-hybridized carbons (Fsp3) is 0.333. The molecule has 0 N–H and O–H groups in total. The Morgan fingerprint density at radius 1 is 0.620 bits per heavy atom. The van der Waals surface area contributed by atoms with Crippen LogP contribution in [0.25, 0.3) is 21.5 Å². The molecule has 1 aliphatic rings. The molecule has 0 aliphatic heterocycles. The molecule has 1 aliphatic carbocycles. The van der Waals surface area contributed by atoms with E-state index in [0.29, 0.717) is 5.54 Å². The molecule has 1 atom stereocenters. The Labute approximate surface area is 333 Å². The summed E-state index contributed by atoms with van der Waals surface area (Å²) in [5, 5.41) is 7.00. The monoisotopic (exact) mass is 812 g/mol. The Morgan fingerprint density at radius 2 is 1.02 bits per heavy atom. The molecule has 0 bridgehead atoms. The van der Waals surface area contributed by atoms with Crippen LogP contribution in [0.1, 0.15) is 63.8 Å². The van der Waals surface area contributed by atoms with Gasteiger partial charge in [0.15, 0.2) is 0 Å². The van der Waals surface area contributed by atoms with Crippen LogP contribution in [0.4, 0.5) is 0 Å². The van der Waals surface area contributed by atoms with Crippen LogP contribution < -0.4 is 24.8 Å². The van der Waals surface area contributed by atoms with Gasteiger partial charge in [-0.1, -0.05) is 116 Å². The third-order valence-corrected chi connectivity index (χ3v) is 14.6. The second-order valence-electron chi connectivity index (χ2n) is 17.4. The Balaban J connectivity index is 0.000000265. The van der Waals surface area contributed by atoms with Gasteiger partial charge in [0, 0.05) is 16.1 Å². The summed E-state index contributed by atoms with van der Waals surface area (Å²) in [6.07, 6.45) is 8.40. The molecule has 0 amide bonds. The molecule has 0 spiro atoms. The standard InChI is InChI=1S/C21H25.C13H10.C11H21Si2.2ClH.Zr/c1-20(2,3)16-7-9-18-14(12-16)11-15-13-17(21(4,5)6)8-10-19(15)18;1-3-7-12(8-4-1)11-13-9-5-2-6-10-13;1-12(2,3)10-7-8-11(9-10)13(4,5)6;;;/h7-13H,1-6H3;1-10H;7-8,10H,1-6H3;2*1H;/q-1;;-1;;;+2/p-2. The van der Waals surface area contributed by atoms with Crippen molar-refractivity contribution in [2.24, 2.45) is 0 Å². The van der Waals surface area contributed by atoms with Gasteiger partial charge in [-0.25, -0.2) is 11.3 Å². The van der Waals surface area contributed by atoms with Crippen molar-refractivity contribution in [3.63, 3.8) is 0 Å². The van der Waals surface area contributed by atoms with Crippen LogP contribution in [-0.4, -0.2) is 19.4 Å². The number of halogens is 2. The Morgan fingerprint density at radius 3 is 1.32 bits per heavy atom. The SMILES string of the molecule is CC(C)(C)c1ccc2c(c1)[cH-]c1cc(C(C)(C)C)ccc12.C[Si](C)(C)C1=[C-]C([Si](C)(C)C)C=C1.[Cl-].[Cl-].[Zr+2]=[C](c1ccccc1)c1ccccc1. The van der Waals surface area contributed by atoms with Gasteiger partial charge in [0.2, 0.25) is 0 Å². The summed E-state index contributed by atoms with van der Waals surface area (Å²) in [7, 11) is -2.15. The fourth-order valence-electron chi connectivity index (χ4n) is 5.76. The molecule has 5 aromatic carbocycles. The molecule has 0 nitrogen and oxygen atoms in total. The van der Waals surface area contributed by atoms with E-state index in [2.05, 4.69) is 202 Å². The van der Waals surface area contributed by atoms with Crippen molar-refractivity contribution < 1.29 is 49.0 Å². The van der Waals surface area contributed by atoms with E-state index in [-0.39, 0.29) is 35.6 Å². The van der Waals surface area contributed by atoms with E-state index in [9.17, 15) is 0 Å². The predicted octanol–water partition coefficient (Wildman–Crippen LogP) is 6.99. The molecule has 5 heteroatoms. The van der Waals surface area contributed by atoms with Crippen molar-refractivity contribution in [2.45, 2.75) is 97.2 Å². The van der Waals surface area contributed by atoms with Crippen LogP contribution in [0.3, 0.4) is 0 Å². The van der Waals surface area contributed by atoms with Crippen LogP contribution >= 0.6 is 0 Å². The van der Waals surface area contributed by atoms with Crippen molar-refractivity contribution in [3.8, 4) is 0 Å². The first kappa shape index (κ1) is 44.2. The molecule has 264 valence electrons. The number of hydrogen-bond acceptors (Lipinski definition) is 0. The van der Waals surface area contributed by atoms with Gasteiger partial charge in [-0.3, -0.25) is 6.08 Å². The van der Waals surface area contributed by atoms with Crippen LogP contribution in [0.2, 0.25) is 44.8 Å². The maximum absolute atomic E-state index is 3.70. The molecule has 0 saturated carbocycles. The summed E-state index contributed by atoms with van der Waals surface area (Å²) in [5.74, 6) is 0. The molecule has 0 aromatic heterocycles. The van der Waals surface area contributed by atoms with E-state index in [1.165, 1.54) is 76.4 Å². The fourth-order valence-corrected chi connectivity index (χ4v) is 9.17. The number of hydrogen-bond donors (Lipinski definition) is 0. The molecule has 1 unspecified atom stereocenters. The van der Waals surface area contributed by atoms with Gasteiger partial charge in [0.25, 0.3) is 0 Å². The average Bonchev–Trinajstić information content (AvgIpc) is 3.67. The van der Waals surface area contributed by atoms with Crippen molar-refractivity contribution in [1.82, 2.24) is 0 Å². The number of allylic oxidation sites excluding steroid dienone is 4. The third-order valence-electron chi connectivity index (χ3n) is 9.07. The van der Waals surface area contributed by atoms with Crippen LogP contribution in [0.5, 0.6) is 0 Å². The summed E-state index contributed by atoms with van der Waals surface area (Å²) in [6, 6.07) is 37.3. The van der Waals surface area contributed by atoms with Crippen molar-refractivity contribution in [2.75, 3.05) is 0 Å². The van der Waals surface area contributed by atoms with Gasteiger partial charge in [-0.2, -0.15) is 6.08 Å². The number of rotatable bonds is 4.